The molecule has 1 aliphatic rings. The van der Waals surface area contributed by atoms with Crippen molar-refractivity contribution >= 4 is 27.4 Å². The lowest BCUT2D eigenvalue weighted by Crippen LogP contribution is -2.41. The Morgan fingerprint density at radius 2 is 1.66 bits per heavy atom. The van der Waals surface area contributed by atoms with E-state index >= 15 is 0 Å². The first kappa shape index (κ1) is 32.5. The van der Waals surface area contributed by atoms with Gasteiger partial charge in [-0.2, -0.15) is 17.5 Å². The standard InChI is InChI=1S/C27H32F6N2O5S/c1-6-39-24(36)25(2,3)16-40-22-14-23-21(13-20(22)27(31,32)33)35(18-9-7-17(28)8-10-18)15-19(11-12-26(4,29)30)34(5)41(23,37)38/h7-10,13-14,19H,6,11-12,15-16H2,1-5H3/t19-/m1/s1. The highest BCUT2D eigenvalue weighted by Crippen LogP contribution is 2.46. The molecule has 1 aliphatic heterocycles. The maximum atomic E-state index is 14.3. The summed E-state index contributed by atoms with van der Waals surface area (Å²) in [5.41, 5.74) is -2.94. The van der Waals surface area contributed by atoms with Crippen LogP contribution in [0.2, 0.25) is 0 Å². The summed E-state index contributed by atoms with van der Waals surface area (Å²) in [7, 11) is -3.39. The maximum Gasteiger partial charge on any atom is 0.420 e. The largest absolute Gasteiger partial charge is 0.492 e. The fourth-order valence-corrected chi connectivity index (χ4v) is 5.85. The van der Waals surface area contributed by atoms with Crippen molar-refractivity contribution in [2.75, 3.05) is 31.7 Å². The van der Waals surface area contributed by atoms with Gasteiger partial charge >= 0.3 is 12.1 Å². The molecule has 0 spiro atoms. The minimum atomic E-state index is -5.02. The summed E-state index contributed by atoms with van der Waals surface area (Å²) in [6.07, 6.45) is -6.01. The van der Waals surface area contributed by atoms with E-state index in [0.717, 1.165) is 29.6 Å². The fraction of sp³-hybridized carbons (Fsp3) is 0.519. The Bertz CT molecular complexity index is 1360. The molecule has 0 saturated heterocycles. The Morgan fingerprint density at radius 3 is 2.20 bits per heavy atom. The number of hydrogen-bond acceptors (Lipinski definition) is 6. The summed E-state index contributed by atoms with van der Waals surface area (Å²) in [5, 5.41) is 0. The summed E-state index contributed by atoms with van der Waals surface area (Å²) < 4.78 is 123. The number of nitrogens with zero attached hydrogens (tertiary/aromatic N) is 2. The van der Waals surface area contributed by atoms with Crippen molar-refractivity contribution in [3.8, 4) is 5.75 Å². The molecule has 2 aromatic carbocycles. The van der Waals surface area contributed by atoms with Crippen LogP contribution in [0.1, 0.15) is 46.1 Å². The van der Waals surface area contributed by atoms with Crippen LogP contribution in [-0.4, -0.2) is 57.5 Å². The van der Waals surface area contributed by atoms with Crippen LogP contribution in [0.3, 0.4) is 0 Å². The molecule has 3 rings (SSSR count). The predicted octanol–water partition coefficient (Wildman–Crippen LogP) is 6.39. The van der Waals surface area contributed by atoms with Crippen LogP contribution in [0, 0.1) is 11.2 Å². The zero-order valence-electron chi connectivity index (χ0n) is 23.2. The highest BCUT2D eigenvalue weighted by Gasteiger charge is 2.43. The minimum absolute atomic E-state index is 0.0316. The number of esters is 1. The van der Waals surface area contributed by atoms with Gasteiger partial charge in [0.2, 0.25) is 15.9 Å². The molecular formula is C27H32F6N2O5S. The Hall–Kier alpha value is -3.00. The molecule has 0 fully saturated rings. The third-order valence-electron chi connectivity index (χ3n) is 6.69. The number of fused-ring (bicyclic) bond motifs is 1. The zero-order valence-corrected chi connectivity index (χ0v) is 24.0. The number of benzene rings is 2. The monoisotopic (exact) mass is 610 g/mol. The first-order chi connectivity index (χ1) is 18.8. The van der Waals surface area contributed by atoms with Crippen molar-refractivity contribution in [2.45, 2.75) is 63.6 Å². The van der Waals surface area contributed by atoms with Crippen LogP contribution in [0.15, 0.2) is 41.3 Å². The van der Waals surface area contributed by atoms with Crippen molar-refractivity contribution in [3.63, 3.8) is 0 Å². The van der Waals surface area contributed by atoms with Crippen LogP contribution in [0.25, 0.3) is 0 Å². The third-order valence-corrected chi connectivity index (χ3v) is 8.63. The lowest BCUT2D eigenvalue weighted by Gasteiger charge is -2.30. The van der Waals surface area contributed by atoms with Gasteiger partial charge in [-0.15, -0.1) is 0 Å². The van der Waals surface area contributed by atoms with Crippen molar-refractivity contribution < 1.29 is 49.0 Å². The minimum Gasteiger partial charge on any atom is -0.492 e. The second-order valence-corrected chi connectivity index (χ2v) is 12.5. The van der Waals surface area contributed by atoms with Gasteiger partial charge in [0, 0.05) is 37.8 Å². The van der Waals surface area contributed by atoms with Crippen LogP contribution in [0.4, 0.5) is 37.7 Å². The van der Waals surface area contributed by atoms with Gasteiger partial charge in [-0.3, -0.25) is 4.79 Å². The predicted molar refractivity (Wildman–Crippen MR) is 139 cm³/mol. The number of carbonyl (C=O) groups is 1. The Kier molecular flexibility index (Phi) is 9.28. The van der Waals surface area contributed by atoms with Gasteiger partial charge in [-0.1, -0.05) is 0 Å². The molecule has 0 unspecified atom stereocenters. The number of ether oxygens (including phenoxy) is 2. The molecular weight excluding hydrogens is 578 g/mol. The van der Waals surface area contributed by atoms with E-state index in [1.165, 1.54) is 30.9 Å². The first-order valence-corrected chi connectivity index (χ1v) is 14.2. The van der Waals surface area contributed by atoms with E-state index in [9.17, 15) is 39.6 Å². The topological polar surface area (TPSA) is 76.2 Å². The third kappa shape index (κ3) is 7.45. The number of rotatable bonds is 9. The fourth-order valence-electron chi connectivity index (χ4n) is 4.29. The lowest BCUT2D eigenvalue weighted by atomic mass is 9.95. The van der Waals surface area contributed by atoms with E-state index in [0.29, 0.717) is 13.0 Å². The molecule has 0 aromatic heterocycles. The molecule has 0 aliphatic carbocycles. The molecule has 0 bridgehead atoms. The maximum absolute atomic E-state index is 14.3. The first-order valence-electron chi connectivity index (χ1n) is 12.7. The van der Waals surface area contributed by atoms with E-state index in [1.54, 1.807) is 6.92 Å². The second kappa shape index (κ2) is 11.7. The molecule has 41 heavy (non-hydrogen) atoms. The van der Waals surface area contributed by atoms with Gasteiger partial charge in [0.25, 0.3) is 0 Å². The number of sulfonamides is 1. The molecule has 0 amide bonds. The number of alkyl halides is 5. The van der Waals surface area contributed by atoms with Crippen molar-refractivity contribution in [1.29, 1.82) is 0 Å². The second-order valence-electron chi connectivity index (χ2n) is 10.6. The smallest absolute Gasteiger partial charge is 0.420 e. The molecule has 0 saturated carbocycles. The summed E-state index contributed by atoms with van der Waals surface area (Å²) in [6.45, 7) is 4.21. The molecule has 14 heteroatoms. The summed E-state index contributed by atoms with van der Waals surface area (Å²) in [5.74, 6) is -5.34. The zero-order chi connectivity index (χ0) is 31.0. The van der Waals surface area contributed by atoms with E-state index in [1.807, 2.05) is 0 Å². The van der Waals surface area contributed by atoms with Crippen LogP contribution in [-0.2, 0) is 25.7 Å². The SMILES string of the molecule is CCOC(=O)C(C)(C)COc1cc2c(cc1C(F)(F)F)N(c1ccc(F)cc1)C[C@@H](CCC(C)(F)F)N(C)S2(=O)=O. The Morgan fingerprint density at radius 1 is 1.05 bits per heavy atom. The van der Waals surface area contributed by atoms with Gasteiger partial charge < -0.3 is 14.4 Å². The number of carbonyl (C=O) groups excluding carboxylic acids is 1. The summed E-state index contributed by atoms with van der Waals surface area (Å²) in [4.78, 5) is 12.9. The average molecular weight is 611 g/mol. The van der Waals surface area contributed by atoms with Crippen molar-refractivity contribution in [2.24, 2.45) is 5.41 Å². The van der Waals surface area contributed by atoms with Gasteiger partial charge in [0.05, 0.1) is 23.3 Å². The number of anilines is 2. The molecule has 2 aromatic rings. The van der Waals surface area contributed by atoms with E-state index in [-0.39, 0.29) is 25.3 Å². The van der Waals surface area contributed by atoms with Crippen molar-refractivity contribution in [1.82, 2.24) is 4.31 Å². The van der Waals surface area contributed by atoms with E-state index in [4.69, 9.17) is 9.47 Å². The molecule has 1 atom stereocenters. The van der Waals surface area contributed by atoms with E-state index in [2.05, 4.69) is 0 Å². The van der Waals surface area contributed by atoms with Crippen LogP contribution < -0.4 is 9.64 Å². The number of likely N-dealkylation sites (N-methyl/N-ethyl adjacent to an activating group) is 1. The normalized spacial score (nSPS) is 18.0. The number of hydrogen-bond donors (Lipinski definition) is 0. The van der Waals surface area contributed by atoms with E-state index < -0.39 is 80.3 Å². The highest BCUT2D eigenvalue weighted by atomic mass is 32.2. The van der Waals surface area contributed by atoms with Crippen LogP contribution in [0.5, 0.6) is 5.75 Å². The Balaban J connectivity index is 2.22. The highest BCUT2D eigenvalue weighted by molar-refractivity contribution is 7.89. The summed E-state index contributed by atoms with van der Waals surface area (Å²) in [6, 6.07) is 4.85. The average Bonchev–Trinajstić information content (AvgIpc) is 2.93. The van der Waals surface area contributed by atoms with Gasteiger partial charge in [0.15, 0.2) is 0 Å². The van der Waals surface area contributed by atoms with Gasteiger partial charge in [-0.25, -0.2) is 21.6 Å². The van der Waals surface area contributed by atoms with Crippen molar-refractivity contribution in [3.05, 3.63) is 47.8 Å². The Labute approximate surface area is 235 Å². The molecule has 0 radical (unpaired) electrons. The lowest BCUT2D eigenvalue weighted by molar-refractivity contribution is -0.155. The summed E-state index contributed by atoms with van der Waals surface area (Å²) >= 11 is 0. The molecule has 1 heterocycles. The number of halogens is 6. The quantitative estimate of drug-likeness (QED) is 0.242. The molecule has 228 valence electrons. The molecule has 0 N–H and O–H groups in total. The van der Waals surface area contributed by atoms with Gasteiger partial charge in [-0.05, 0) is 64.4 Å². The van der Waals surface area contributed by atoms with Gasteiger partial charge in [0.1, 0.15) is 23.1 Å². The van der Waals surface area contributed by atoms with Crippen LogP contribution >= 0.6 is 0 Å². The molecule has 7 nitrogen and oxygen atoms in total.